The molecule has 0 amide bonds. The fraction of sp³-hybridized carbons (Fsp3) is 0.318. The molecule has 4 rings (SSSR count). The maximum Gasteiger partial charge on any atom is 0.109 e. The molecule has 2 nitrogen and oxygen atoms in total. The monoisotopic (exact) mass is 316 g/mol. The molecule has 1 aliphatic heterocycles. The van der Waals surface area contributed by atoms with Crippen LogP contribution in [0.2, 0.25) is 0 Å². The van der Waals surface area contributed by atoms with Crippen molar-refractivity contribution >= 4 is 0 Å². The van der Waals surface area contributed by atoms with Crippen molar-refractivity contribution in [1.82, 2.24) is 9.55 Å². The van der Waals surface area contributed by atoms with Gasteiger partial charge in [-0.3, -0.25) is 0 Å². The van der Waals surface area contributed by atoms with E-state index in [1.807, 2.05) is 0 Å². The van der Waals surface area contributed by atoms with E-state index in [1.165, 1.54) is 40.9 Å². The van der Waals surface area contributed by atoms with E-state index in [0.29, 0.717) is 5.92 Å². The summed E-state index contributed by atoms with van der Waals surface area (Å²) in [5, 5.41) is 0. The molecule has 0 spiro atoms. The molecule has 0 radical (unpaired) electrons. The third kappa shape index (κ3) is 2.89. The first-order valence-corrected chi connectivity index (χ1v) is 8.97. The van der Waals surface area contributed by atoms with Gasteiger partial charge in [-0.15, -0.1) is 0 Å². The number of aryl methyl sites for hydroxylation is 2. The summed E-state index contributed by atoms with van der Waals surface area (Å²) < 4.78 is 2.32. The number of nitrogens with zero attached hydrogens (tertiary/aromatic N) is 2. The van der Waals surface area contributed by atoms with Gasteiger partial charge in [-0.25, -0.2) is 4.98 Å². The summed E-state index contributed by atoms with van der Waals surface area (Å²) >= 11 is 0. The Morgan fingerprint density at radius 2 is 1.46 bits per heavy atom. The average molecular weight is 316 g/mol. The molecule has 1 aliphatic rings. The molecule has 0 saturated heterocycles. The number of fused-ring (bicyclic) bond motifs is 1. The maximum atomic E-state index is 4.82. The fourth-order valence-corrected chi connectivity index (χ4v) is 3.45. The second-order valence-electron chi connectivity index (χ2n) is 7.05. The summed E-state index contributed by atoms with van der Waals surface area (Å²) in [4.78, 5) is 4.82. The Balaban J connectivity index is 1.59. The minimum Gasteiger partial charge on any atom is -0.334 e. The molecule has 0 saturated carbocycles. The van der Waals surface area contributed by atoms with E-state index in [-0.39, 0.29) is 0 Å². The van der Waals surface area contributed by atoms with Crippen molar-refractivity contribution in [2.75, 3.05) is 0 Å². The summed E-state index contributed by atoms with van der Waals surface area (Å²) in [6.07, 6.45) is 5.86. The van der Waals surface area contributed by atoms with Crippen molar-refractivity contribution in [1.29, 1.82) is 0 Å². The minimum atomic E-state index is 0.577. The van der Waals surface area contributed by atoms with Gasteiger partial charge in [0.1, 0.15) is 5.82 Å². The lowest BCUT2D eigenvalue weighted by Gasteiger charge is -2.11. The second kappa shape index (κ2) is 6.27. The molecular weight excluding hydrogens is 292 g/mol. The van der Waals surface area contributed by atoms with Gasteiger partial charge in [0, 0.05) is 24.7 Å². The summed E-state index contributed by atoms with van der Waals surface area (Å²) in [5.74, 6) is 1.82. The zero-order chi connectivity index (χ0) is 16.5. The first-order valence-electron chi connectivity index (χ1n) is 8.97. The molecule has 0 atom stereocenters. The van der Waals surface area contributed by atoms with Crippen LogP contribution in [0.25, 0.3) is 22.4 Å². The van der Waals surface area contributed by atoms with Crippen LogP contribution in [-0.2, 0) is 13.0 Å². The molecule has 0 fully saturated rings. The van der Waals surface area contributed by atoms with Crippen LogP contribution in [0, 0.1) is 0 Å². The van der Waals surface area contributed by atoms with Crippen molar-refractivity contribution in [3.63, 3.8) is 0 Å². The smallest absolute Gasteiger partial charge is 0.109 e. The van der Waals surface area contributed by atoms with Crippen LogP contribution in [0.5, 0.6) is 0 Å². The molecular formula is C22H24N2. The van der Waals surface area contributed by atoms with E-state index in [1.54, 1.807) is 0 Å². The quantitative estimate of drug-likeness (QED) is 0.608. The van der Waals surface area contributed by atoms with Gasteiger partial charge in [-0.05, 0) is 35.4 Å². The van der Waals surface area contributed by atoms with Crippen LogP contribution in [0.3, 0.4) is 0 Å². The van der Waals surface area contributed by atoms with Gasteiger partial charge in [-0.2, -0.15) is 0 Å². The van der Waals surface area contributed by atoms with Crippen molar-refractivity contribution < 1.29 is 0 Å². The molecule has 0 aliphatic carbocycles. The summed E-state index contributed by atoms with van der Waals surface area (Å²) in [6, 6.07) is 17.7. The van der Waals surface area contributed by atoms with E-state index >= 15 is 0 Å². The van der Waals surface area contributed by atoms with Crippen LogP contribution < -0.4 is 0 Å². The maximum absolute atomic E-state index is 4.82. The molecule has 0 unspecified atom stereocenters. The molecule has 0 N–H and O–H groups in total. The van der Waals surface area contributed by atoms with E-state index in [2.05, 4.69) is 73.1 Å². The number of benzene rings is 2. The Labute approximate surface area is 144 Å². The number of imidazole rings is 1. The van der Waals surface area contributed by atoms with Crippen LogP contribution in [0.15, 0.2) is 54.7 Å². The Kier molecular flexibility index (Phi) is 3.97. The second-order valence-corrected chi connectivity index (χ2v) is 7.05. The largest absolute Gasteiger partial charge is 0.334 e. The predicted octanol–water partition coefficient (Wildman–Crippen LogP) is 5.68. The van der Waals surface area contributed by atoms with Gasteiger partial charge in [0.05, 0.1) is 5.69 Å². The highest BCUT2D eigenvalue weighted by Gasteiger charge is 2.13. The van der Waals surface area contributed by atoms with Crippen molar-refractivity contribution in [2.24, 2.45) is 0 Å². The first kappa shape index (κ1) is 15.2. The topological polar surface area (TPSA) is 17.8 Å². The van der Waals surface area contributed by atoms with Gasteiger partial charge in [-0.1, -0.05) is 62.4 Å². The highest BCUT2D eigenvalue weighted by Crippen LogP contribution is 2.27. The molecule has 3 aromatic rings. The van der Waals surface area contributed by atoms with Crippen molar-refractivity contribution in [2.45, 2.75) is 45.6 Å². The van der Waals surface area contributed by atoms with Crippen molar-refractivity contribution in [3.05, 3.63) is 66.1 Å². The third-order valence-electron chi connectivity index (χ3n) is 5.00. The lowest BCUT2D eigenvalue weighted by molar-refractivity contribution is 0.522. The normalized spacial score (nSPS) is 14.0. The lowest BCUT2D eigenvalue weighted by atomic mass is 9.98. The number of aromatic nitrogens is 2. The molecule has 1 aromatic heterocycles. The van der Waals surface area contributed by atoms with Crippen LogP contribution in [-0.4, -0.2) is 9.55 Å². The Morgan fingerprint density at radius 3 is 2.08 bits per heavy atom. The molecule has 2 aromatic carbocycles. The van der Waals surface area contributed by atoms with Crippen LogP contribution in [0.4, 0.5) is 0 Å². The van der Waals surface area contributed by atoms with Gasteiger partial charge >= 0.3 is 0 Å². The lowest BCUT2D eigenvalue weighted by Crippen LogP contribution is -2.08. The fourth-order valence-electron chi connectivity index (χ4n) is 3.45. The van der Waals surface area contributed by atoms with Crippen molar-refractivity contribution in [3.8, 4) is 22.4 Å². The average Bonchev–Trinajstić information content (AvgIpc) is 3.06. The molecule has 0 bridgehead atoms. The van der Waals surface area contributed by atoms with Gasteiger partial charge < -0.3 is 4.57 Å². The molecule has 2 heterocycles. The summed E-state index contributed by atoms with van der Waals surface area (Å²) in [7, 11) is 0. The summed E-state index contributed by atoms with van der Waals surface area (Å²) in [6.45, 7) is 5.57. The minimum absolute atomic E-state index is 0.577. The Morgan fingerprint density at radius 1 is 0.833 bits per heavy atom. The van der Waals surface area contributed by atoms with Gasteiger partial charge in [0.2, 0.25) is 0 Å². The number of hydrogen-bond donors (Lipinski definition) is 0. The number of hydrogen-bond acceptors (Lipinski definition) is 1. The van der Waals surface area contributed by atoms with E-state index in [0.717, 1.165) is 18.7 Å². The standard InChI is InChI=1S/C22H24N2/c1-16(2)17-6-8-18(9-7-17)19-10-12-20(13-11-19)21-15-24-14-4-3-5-22(24)23-21/h6-13,15-16H,3-5,14H2,1-2H3. The van der Waals surface area contributed by atoms with E-state index < -0.39 is 0 Å². The summed E-state index contributed by atoms with van der Waals surface area (Å²) in [5.41, 5.74) is 6.24. The highest BCUT2D eigenvalue weighted by atomic mass is 15.1. The SMILES string of the molecule is CC(C)c1ccc(-c2ccc(-c3cn4c(n3)CCCC4)cc2)cc1. The van der Waals surface area contributed by atoms with Crippen LogP contribution in [0.1, 0.15) is 44.0 Å². The van der Waals surface area contributed by atoms with Gasteiger partial charge in [0.15, 0.2) is 0 Å². The molecule has 122 valence electrons. The highest BCUT2D eigenvalue weighted by molar-refractivity contribution is 5.69. The molecule has 24 heavy (non-hydrogen) atoms. The van der Waals surface area contributed by atoms with E-state index in [4.69, 9.17) is 4.98 Å². The van der Waals surface area contributed by atoms with Gasteiger partial charge in [0.25, 0.3) is 0 Å². The zero-order valence-electron chi connectivity index (χ0n) is 14.5. The van der Waals surface area contributed by atoms with Crippen LogP contribution >= 0.6 is 0 Å². The predicted molar refractivity (Wildman–Crippen MR) is 100 cm³/mol. The number of rotatable bonds is 3. The Hall–Kier alpha value is -2.35. The first-order chi connectivity index (χ1) is 11.7. The molecule has 2 heteroatoms. The van der Waals surface area contributed by atoms with E-state index in [9.17, 15) is 0 Å². The Bertz CT molecular complexity index is 800. The zero-order valence-corrected chi connectivity index (χ0v) is 14.5. The third-order valence-corrected chi connectivity index (χ3v) is 5.00.